The summed E-state index contributed by atoms with van der Waals surface area (Å²) < 4.78 is 29.8. The van der Waals surface area contributed by atoms with Gasteiger partial charge in [0.25, 0.3) is 0 Å². The smallest absolute Gasteiger partial charge is 0.207 e. The molecule has 0 saturated carbocycles. The van der Waals surface area contributed by atoms with E-state index in [2.05, 4.69) is 6.92 Å². The van der Waals surface area contributed by atoms with Gasteiger partial charge in [0.1, 0.15) is 6.10 Å². The Morgan fingerprint density at radius 2 is 1.83 bits per heavy atom. The highest BCUT2D eigenvalue weighted by molar-refractivity contribution is 7.92. The van der Waals surface area contributed by atoms with Crippen molar-refractivity contribution in [2.45, 2.75) is 56.0 Å². The number of hydrogen-bond donors (Lipinski definition) is 0. The Balaban J connectivity index is 1.99. The highest BCUT2D eigenvalue weighted by Crippen LogP contribution is 2.35. The summed E-state index contributed by atoms with van der Waals surface area (Å²) in [5.74, 6) is 0. The number of ether oxygens (including phenoxy) is 1. The Morgan fingerprint density at radius 1 is 1.17 bits per heavy atom. The first-order chi connectivity index (χ1) is 8.55. The minimum absolute atomic E-state index is 0.0946. The summed E-state index contributed by atoms with van der Waals surface area (Å²) in [5, 5.41) is 0. The maximum absolute atomic E-state index is 12.2. The molecule has 4 heteroatoms. The molecule has 0 amide bonds. The van der Waals surface area contributed by atoms with Gasteiger partial charge in [0.05, 0.1) is 4.90 Å². The van der Waals surface area contributed by atoms with E-state index in [9.17, 15) is 8.42 Å². The Labute approximate surface area is 109 Å². The van der Waals surface area contributed by atoms with E-state index < -0.39 is 15.3 Å². The van der Waals surface area contributed by atoms with Crippen LogP contribution >= 0.6 is 0 Å². The van der Waals surface area contributed by atoms with Gasteiger partial charge in [-0.1, -0.05) is 43.9 Å². The molecular weight excluding hydrogens is 248 g/mol. The maximum atomic E-state index is 12.2. The van der Waals surface area contributed by atoms with Gasteiger partial charge in [-0.3, -0.25) is 0 Å². The molecule has 3 nitrogen and oxygen atoms in total. The molecule has 1 aliphatic rings. The van der Waals surface area contributed by atoms with Crippen LogP contribution in [-0.2, 0) is 14.6 Å². The van der Waals surface area contributed by atoms with Crippen molar-refractivity contribution in [3.05, 3.63) is 29.8 Å². The van der Waals surface area contributed by atoms with Crippen molar-refractivity contribution in [3.8, 4) is 0 Å². The molecule has 1 aromatic rings. The van der Waals surface area contributed by atoms with Gasteiger partial charge in [-0.15, -0.1) is 0 Å². The molecule has 0 radical (unpaired) electrons. The molecule has 1 saturated heterocycles. The van der Waals surface area contributed by atoms with Crippen LogP contribution in [0.15, 0.2) is 29.2 Å². The van der Waals surface area contributed by atoms with Gasteiger partial charge < -0.3 is 4.74 Å². The SMILES string of the molecule is CCCCC[C@H]1O[C@@H]1S(=O)(=O)c1ccc(C)cc1. The predicted octanol–water partition coefficient (Wildman–Crippen LogP) is 3.07. The largest absolute Gasteiger partial charge is 0.352 e. The highest BCUT2D eigenvalue weighted by Gasteiger charge is 2.49. The van der Waals surface area contributed by atoms with Crippen molar-refractivity contribution in [1.29, 1.82) is 0 Å². The molecule has 1 fully saturated rings. The summed E-state index contributed by atoms with van der Waals surface area (Å²) in [5.41, 5.74) is 0.447. The zero-order chi connectivity index (χ0) is 13.2. The Kier molecular flexibility index (Phi) is 4.07. The minimum Gasteiger partial charge on any atom is -0.352 e. The fraction of sp³-hybridized carbons (Fsp3) is 0.571. The van der Waals surface area contributed by atoms with Crippen LogP contribution in [0.4, 0.5) is 0 Å². The van der Waals surface area contributed by atoms with Crippen molar-refractivity contribution >= 4 is 9.84 Å². The number of epoxide rings is 1. The van der Waals surface area contributed by atoms with Gasteiger partial charge in [-0.25, -0.2) is 8.42 Å². The summed E-state index contributed by atoms with van der Waals surface area (Å²) in [7, 11) is -3.29. The maximum Gasteiger partial charge on any atom is 0.207 e. The molecule has 18 heavy (non-hydrogen) atoms. The normalized spacial score (nSPS) is 23.0. The lowest BCUT2D eigenvalue weighted by atomic mass is 10.2. The fourth-order valence-corrected chi connectivity index (χ4v) is 3.67. The molecule has 1 aromatic carbocycles. The fourth-order valence-electron chi connectivity index (χ4n) is 2.06. The second kappa shape index (κ2) is 5.41. The first kappa shape index (κ1) is 13.6. The van der Waals surface area contributed by atoms with Gasteiger partial charge in [-0.05, 0) is 25.5 Å². The monoisotopic (exact) mass is 268 g/mol. The standard InChI is InChI=1S/C14H20O3S/c1-3-4-5-6-13-14(17-13)18(15,16)12-9-7-11(2)8-10-12/h7-10,13-14H,3-6H2,1-2H3/t13-,14-/m1/s1. The van der Waals surface area contributed by atoms with E-state index >= 15 is 0 Å². The van der Waals surface area contributed by atoms with Crippen molar-refractivity contribution in [1.82, 2.24) is 0 Å². The molecule has 100 valence electrons. The molecule has 0 aromatic heterocycles. The van der Waals surface area contributed by atoms with E-state index in [0.717, 1.165) is 31.2 Å². The zero-order valence-corrected chi connectivity index (χ0v) is 11.7. The lowest BCUT2D eigenvalue weighted by Crippen LogP contribution is -2.11. The summed E-state index contributed by atoms with van der Waals surface area (Å²) in [4.78, 5) is 0.371. The van der Waals surface area contributed by atoms with Gasteiger partial charge >= 0.3 is 0 Å². The average Bonchev–Trinajstić information content (AvgIpc) is 3.10. The van der Waals surface area contributed by atoms with Gasteiger partial charge in [0.15, 0.2) is 5.44 Å². The van der Waals surface area contributed by atoms with Crippen LogP contribution in [0.25, 0.3) is 0 Å². The van der Waals surface area contributed by atoms with E-state index in [1.165, 1.54) is 0 Å². The van der Waals surface area contributed by atoms with Crippen LogP contribution in [0.2, 0.25) is 0 Å². The molecule has 2 rings (SSSR count). The summed E-state index contributed by atoms with van der Waals surface area (Å²) >= 11 is 0. The molecule has 0 bridgehead atoms. The number of hydrogen-bond acceptors (Lipinski definition) is 3. The quantitative estimate of drug-likeness (QED) is 0.588. The second-order valence-corrected chi connectivity index (χ2v) is 6.92. The molecular formula is C14H20O3S. The molecule has 0 unspecified atom stereocenters. The van der Waals surface area contributed by atoms with E-state index in [-0.39, 0.29) is 6.10 Å². The van der Waals surface area contributed by atoms with Crippen LogP contribution in [0.5, 0.6) is 0 Å². The molecule has 0 N–H and O–H groups in total. The van der Waals surface area contributed by atoms with Crippen LogP contribution in [0.3, 0.4) is 0 Å². The van der Waals surface area contributed by atoms with Gasteiger partial charge in [0.2, 0.25) is 9.84 Å². The molecule has 2 atom stereocenters. The van der Waals surface area contributed by atoms with E-state index in [0.29, 0.717) is 4.90 Å². The zero-order valence-electron chi connectivity index (χ0n) is 10.9. The third kappa shape index (κ3) is 2.93. The third-order valence-corrected chi connectivity index (χ3v) is 5.24. The Bertz CT molecular complexity index is 490. The van der Waals surface area contributed by atoms with Crippen LogP contribution in [0, 0.1) is 6.92 Å². The van der Waals surface area contributed by atoms with Gasteiger partial charge in [-0.2, -0.15) is 0 Å². The average molecular weight is 268 g/mol. The van der Waals surface area contributed by atoms with Crippen molar-refractivity contribution in [3.63, 3.8) is 0 Å². The Hall–Kier alpha value is -0.870. The number of unbranched alkanes of at least 4 members (excludes halogenated alkanes) is 2. The molecule has 0 aliphatic carbocycles. The highest BCUT2D eigenvalue weighted by atomic mass is 32.2. The van der Waals surface area contributed by atoms with Gasteiger partial charge in [0, 0.05) is 0 Å². The first-order valence-electron chi connectivity index (χ1n) is 6.51. The van der Waals surface area contributed by atoms with Crippen molar-refractivity contribution < 1.29 is 13.2 Å². The van der Waals surface area contributed by atoms with Crippen molar-refractivity contribution in [2.24, 2.45) is 0 Å². The Morgan fingerprint density at radius 3 is 2.44 bits per heavy atom. The molecule has 1 heterocycles. The molecule has 1 aliphatic heterocycles. The summed E-state index contributed by atoms with van der Waals surface area (Å²) in [6, 6.07) is 6.97. The summed E-state index contributed by atoms with van der Waals surface area (Å²) in [6.07, 6.45) is 4.08. The number of benzene rings is 1. The summed E-state index contributed by atoms with van der Waals surface area (Å²) in [6.45, 7) is 4.08. The van der Waals surface area contributed by atoms with Crippen LogP contribution in [0.1, 0.15) is 38.2 Å². The van der Waals surface area contributed by atoms with E-state index in [1.807, 2.05) is 19.1 Å². The lowest BCUT2D eigenvalue weighted by molar-refractivity contribution is 0.378. The minimum atomic E-state index is -3.29. The number of rotatable bonds is 6. The third-order valence-electron chi connectivity index (χ3n) is 3.28. The van der Waals surface area contributed by atoms with Crippen molar-refractivity contribution in [2.75, 3.05) is 0 Å². The van der Waals surface area contributed by atoms with E-state index in [1.54, 1.807) is 12.1 Å². The number of sulfone groups is 1. The van der Waals surface area contributed by atoms with Crippen LogP contribution < -0.4 is 0 Å². The predicted molar refractivity (Wildman–Crippen MR) is 71.2 cm³/mol. The molecule has 0 spiro atoms. The first-order valence-corrected chi connectivity index (χ1v) is 8.06. The van der Waals surface area contributed by atoms with E-state index in [4.69, 9.17) is 4.74 Å². The topological polar surface area (TPSA) is 46.7 Å². The van der Waals surface area contributed by atoms with Crippen LogP contribution in [-0.4, -0.2) is 20.0 Å². The number of aryl methyl sites for hydroxylation is 1. The lowest BCUT2D eigenvalue weighted by Gasteiger charge is -2.01. The second-order valence-electron chi connectivity index (χ2n) is 4.90.